The van der Waals surface area contributed by atoms with E-state index in [0.29, 0.717) is 19.3 Å². The molecular formula is C14H16FNO4. The summed E-state index contributed by atoms with van der Waals surface area (Å²) >= 11 is 0. The molecule has 5 nitrogen and oxygen atoms in total. The number of hydrogen-bond acceptors (Lipinski definition) is 3. The maximum atomic E-state index is 13.7. The zero-order valence-electron chi connectivity index (χ0n) is 11.1. The van der Waals surface area contributed by atoms with Crippen molar-refractivity contribution >= 4 is 11.9 Å². The van der Waals surface area contributed by atoms with Gasteiger partial charge in [0.1, 0.15) is 17.1 Å². The lowest BCUT2D eigenvalue weighted by molar-refractivity contribution is -0.141. The molecule has 1 saturated carbocycles. The van der Waals surface area contributed by atoms with Gasteiger partial charge < -0.3 is 15.2 Å². The van der Waals surface area contributed by atoms with E-state index < -0.39 is 23.6 Å². The van der Waals surface area contributed by atoms with Crippen LogP contribution < -0.4 is 10.1 Å². The van der Waals surface area contributed by atoms with E-state index in [1.165, 1.54) is 25.3 Å². The first-order valence-electron chi connectivity index (χ1n) is 6.39. The quantitative estimate of drug-likeness (QED) is 0.882. The first-order chi connectivity index (χ1) is 9.52. The van der Waals surface area contributed by atoms with Gasteiger partial charge in [-0.05, 0) is 31.4 Å². The first-order valence-corrected chi connectivity index (χ1v) is 6.39. The summed E-state index contributed by atoms with van der Waals surface area (Å²) < 4.78 is 18.7. The van der Waals surface area contributed by atoms with Crippen molar-refractivity contribution in [2.24, 2.45) is 5.92 Å². The van der Waals surface area contributed by atoms with Crippen LogP contribution in [0.1, 0.15) is 29.6 Å². The summed E-state index contributed by atoms with van der Waals surface area (Å²) in [6.07, 6.45) is 1.48. The number of amides is 1. The molecule has 2 rings (SSSR count). The third kappa shape index (κ3) is 2.89. The highest BCUT2D eigenvalue weighted by Crippen LogP contribution is 2.27. The van der Waals surface area contributed by atoms with Gasteiger partial charge in [-0.25, -0.2) is 4.39 Å². The molecular weight excluding hydrogens is 265 g/mol. The van der Waals surface area contributed by atoms with Crippen LogP contribution in [-0.4, -0.2) is 30.1 Å². The maximum absolute atomic E-state index is 13.7. The van der Waals surface area contributed by atoms with Gasteiger partial charge in [0.15, 0.2) is 0 Å². The number of carboxylic acids is 1. The van der Waals surface area contributed by atoms with Crippen LogP contribution in [0.5, 0.6) is 5.75 Å². The van der Waals surface area contributed by atoms with Gasteiger partial charge in [0.25, 0.3) is 5.91 Å². The van der Waals surface area contributed by atoms with Gasteiger partial charge in [-0.3, -0.25) is 9.59 Å². The minimum absolute atomic E-state index is 0.145. The molecule has 0 saturated heterocycles. The SMILES string of the molecule is COc1cccc(F)c1C(=O)NC1CCC(C(=O)O)C1. The fourth-order valence-corrected chi connectivity index (χ4v) is 2.49. The lowest BCUT2D eigenvalue weighted by Crippen LogP contribution is -2.34. The number of hydrogen-bond donors (Lipinski definition) is 2. The zero-order valence-corrected chi connectivity index (χ0v) is 11.1. The Kier molecular flexibility index (Phi) is 4.22. The molecule has 6 heteroatoms. The molecule has 0 spiro atoms. The Balaban J connectivity index is 2.08. The number of carboxylic acid groups (broad SMARTS) is 1. The average molecular weight is 281 g/mol. The fourth-order valence-electron chi connectivity index (χ4n) is 2.49. The van der Waals surface area contributed by atoms with E-state index in [2.05, 4.69) is 5.32 Å². The fraction of sp³-hybridized carbons (Fsp3) is 0.429. The summed E-state index contributed by atoms with van der Waals surface area (Å²) in [6.45, 7) is 0. The lowest BCUT2D eigenvalue weighted by Gasteiger charge is -2.14. The molecule has 20 heavy (non-hydrogen) atoms. The van der Waals surface area contributed by atoms with Crippen LogP contribution in [0.15, 0.2) is 18.2 Å². The van der Waals surface area contributed by atoms with Gasteiger partial charge in [0.05, 0.1) is 13.0 Å². The number of carbonyl (C=O) groups excluding carboxylic acids is 1. The molecule has 0 aromatic heterocycles. The molecule has 1 aliphatic carbocycles. The number of aliphatic carboxylic acids is 1. The van der Waals surface area contributed by atoms with Crippen molar-refractivity contribution in [3.63, 3.8) is 0 Å². The second kappa shape index (κ2) is 5.90. The molecule has 0 bridgehead atoms. The van der Waals surface area contributed by atoms with Crippen molar-refractivity contribution in [1.82, 2.24) is 5.32 Å². The third-order valence-corrected chi connectivity index (χ3v) is 3.54. The van der Waals surface area contributed by atoms with Crippen molar-refractivity contribution in [3.8, 4) is 5.75 Å². The second-order valence-corrected chi connectivity index (χ2v) is 4.84. The standard InChI is InChI=1S/C14H16FNO4/c1-20-11-4-2-3-10(15)12(11)13(17)16-9-6-5-8(7-9)14(18)19/h2-4,8-9H,5-7H2,1H3,(H,16,17)(H,18,19). The molecule has 1 fully saturated rings. The van der Waals surface area contributed by atoms with Gasteiger partial charge in [0, 0.05) is 6.04 Å². The van der Waals surface area contributed by atoms with Crippen molar-refractivity contribution in [1.29, 1.82) is 0 Å². The topological polar surface area (TPSA) is 75.6 Å². The Morgan fingerprint density at radius 3 is 2.75 bits per heavy atom. The maximum Gasteiger partial charge on any atom is 0.306 e. The van der Waals surface area contributed by atoms with Gasteiger partial charge in [-0.15, -0.1) is 0 Å². The summed E-state index contributed by atoms with van der Waals surface area (Å²) in [4.78, 5) is 23.0. The molecule has 2 unspecified atom stereocenters. The largest absolute Gasteiger partial charge is 0.496 e. The van der Waals surface area contributed by atoms with Crippen molar-refractivity contribution in [3.05, 3.63) is 29.6 Å². The van der Waals surface area contributed by atoms with Crippen LogP contribution >= 0.6 is 0 Å². The summed E-state index contributed by atoms with van der Waals surface area (Å²) in [6, 6.07) is 3.91. The summed E-state index contributed by atoms with van der Waals surface area (Å²) in [7, 11) is 1.36. The van der Waals surface area contributed by atoms with Crippen molar-refractivity contribution < 1.29 is 23.8 Å². The van der Waals surface area contributed by atoms with E-state index in [-0.39, 0.29) is 17.4 Å². The molecule has 0 heterocycles. The molecule has 2 N–H and O–H groups in total. The van der Waals surface area contributed by atoms with Crippen LogP contribution in [0, 0.1) is 11.7 Å². The molecule has 2 atom stereocenters. The van der Waals surface area contributed by atoms with E-state index in [1.54, 1.807) is 0 Å². The second-order valence-electron chi connectivity index (χ2n) is 4.84. The third-order valence-electron chi connectivity index (χ3n) is 3.54. The smallest absolute Gasteiger partial charge is 0.306 e. The van der Waals surface area contributed by atoms with Crippen LogP contribution in [0.4, 0.5) is 4.39 Å². The Bertz CT molecular complexity index is 532. The number of halogens is 1. The van der Waals surface area contributed by atoms with E-state index in [9.17, 15) is 14.0 Å². The molecule has 0 aliphatic heterocycles. The van der Waals surface area contributed by atoms with E-state index in [1.807, 2.05) is 0 Å². The zero-order chi connectivity index (χ0) is 14.7. The Labute approximate surface area is 115 Å². The number of rotatable bonds is 4. The van der Waals surface area contributed by atoms with Crippen molar-refractivity contribution in [2.45, 2.75) is 25.3 Å². The van der Waals surface area contributed by atoms with Gasteiger partial charge >= 0.3 is 5.97 Å². The van der Waals surface area contributed by atoms with Crippen molar-refractivity contribution in [2.75, 3.05) is 7.11 Å². The summed E-state index contributed by atoms with van der Waals surface area (Å²) in [5, 5.41) is 11.6. The molecule has 1 aliphatic rings. The van der Waals surface area contributed by atoms with Crippen LogP contribution in [0.3, 0.4) is 0 Å². The molecule has 1 amide bonds. The molecule has 1 aromatic carbocycles. The van der Waals surface area contributed by atoms with E-state index >= 15 is 0 Å². The Morgan fingerprint density at radius 1 is 1.40 bits per heavy atom. The first kappa shape index (κ1) is 14.3. The van der Waals surface area contributed by atoms with E-state index in [4.69, 9.17) is 9.84 Å². The highest BCUT2D eigenvalue weighted by atomic mass is 19.1. The van der Waals surface area contributed by atoms with E-state index in [0.717, 1.165) is 0 Å². The van der Waals surface area contributed by atoms with Gasteiger partial charge in [-0.1, -0.05) is 6.07 Å². The molecule has 108 valence electrons. The number of benzene rings is 1. The van der Waals surface area contributed by atoms with Gasteiger partial charge in [0.2, 0.25) is 0 Å². The summed E-state index contributed by atoms with van der Waals surface area (Å²) in [5.74, 6) is -2.37. The number of carbonyl (C=O) groups is 2. The highest BCUT2D eigenvalue weighted by molar-refractivity contribution is 5.97. The predicted octanol–water partition coefficient (Wildman–Crippen LogP) is 1.82. The average Bonchev–Trinajstić information content (AvgIpc) is 2.86. The minimum Gasteiger partial charge on any atom is -0.496 e. The highest BCUT2D eigenvalue weighted by Gasteiger charge is 2.31. The Hall–Kier alpha value is -2.11. The van der Waals surface area contributed by atoms with Crippen LogP contribution in [0.25, 0.3) is 0 Å². The lowest BCUT2D eigenvalue weighted by atomic mass is 10.1. The molecule has 1 aromatic rings. The predicted molar refractivity (Wildman–Crippen MR) is 69.2 cm³/mol. The number of nitrogens with one attached hydrogen (secondary N) is 1. The van der Waals surface area contributed by atoms with Crippen LogP contribution in [0.2, 0.25) is 0 Å². The normalized spacial score (nSPS) is 21.5. The van der Waals surface area contributed by atoms with Crippen LogP contribution in [-0.2, 0) is 4.79 Å². The number of ether oxygens (including phenoxy) is 1. The molecule has 0 radical (unpaired) electrons. The summed E-state index contributed by atoms with van der Waals surface area (Å²) in [5.41, 5.74) is -0.145. The number of methoxy groups -OCH3 is 1. The van der Waals surface area contributed by atoms with Gasteiger partial charge in [-0.2, -0.15) is 0 Å². The Morgan fingerprint density at radius 2 is 2.15 bits per heavy atom. The monoisotopic (exact) mass is 281 g/mol. The minimum atomic E-state index is -0.856.